The van der Waals surface area contributed by atoms with Gasteiger partial charge in [0.1, 0.15) is 6.10 Å². The van der Waals surface area contributed by atoms with E-state index in [0.29, 0.717) is 0 Å². The fourth-order valence-electron chi connectivity index (χ4n) is 3.12. The smallest absolute Gasteiger partial charge is 0.333 e. The third-order valence-electron chi connectivity index (χ3n) is 4.41. The molecule has 1 aliphatic heterocycles. The Morgan fingerprint density at radius 2 is 1.74 bits per heavy atom. The molecule has 13 heteroatoms. The second kappa shape index (κ2) is 11.4. The minimum Gasteiger partial charge on any atom is -0.350 e. The number of nitrogens with zero attached hydrogens (tertiary/aromatic N) is 3. The Bertz CT molecular complexity index is 910. The van der Waals surface area contributed by atoms with Gasteiger partial charge in [0, 0.05) is 11.5 Å². The number of aryl methyl sites for hydroxylation is 1. The minimum atomic E-state index is -4.23. The summed E-state index contributed by atoms with van der Waals surface area (Å²) in [7, 11) is -7.81. The Kier molecular flexibility index (Phi) is 9.47. The van der Waals surface area contributed by atoms with E-state index in [0.717, 1.165) is 5.56 Å². The summed E-state index contributed by atoms with van der Waals surface area (Å²) in [5, 5.41) is 3.67. The van der Waals surface area contributed by atoms with Crippen LogP contribution in [0.5, 0.6) is 0 Å². The highest BCUT2D eigenvalue weighted by Gasteiger charge is 2.50. The van der Waals surface area contributed by atoms with Gasteiger partial charge in [0.15, 0.2) is 6.29 Å². The van der Waals surface area contributed by atoms with Crippen LogP contribution in [0.2, 0.25) is 0 Å². The van der Waals surface area contributed by atoms with Gasteiger partial charge in [-0.25, -0.2) is 0 Å². The lowest BCUT2D eigenvalue weighted by molar-refractivity contribution is -0.154. The van der Waals surface area contributed by atoms with Gasteiger partial charge < -0.3 is 18.5 Å². The Morgan fingerprint density at radius 3 is 2.26 bits per heavy atom. The molecule has 174 valence electrons. The van der Waals surface area contributed by atoms with E-state index >= 15 is 0 Å². The van der Waals surface area contributed by atoms with Crippen LogP contribution in [0.4, 0.5) is 0 Å². The van der Waals surface area contributed by atoms with E-state index in [1.54, 1.807) is 32.9 Å². The quantitative estimate of drug-likeness (QED) is 0.145. The molecule has 4 atom stereocenters. The molecular formula is C18H28N3O8PS. The van der Waals surface area contributed by atoms with Crippen LogP contribution >= 0.6 is 7.60 Å². The average molecular weight is 477 g/mol. The molecule has 31 heavy (non-hydrogen) atoms. The van der Waals surface area contributed by atoms with Crippen molar-refractivity contribution in [3.8, 4) is 0 Å². The average Bonchev–Trinajstić information content (AvgIpc) is 2.98. The Hall–Kier alpha value is -1.49. The maximum Gasteiger partial charge on any atom is 0.333 e. The van der Waals surface area contributed by atoms with Gasteiger partial charge in [0.05, 0.1) is 36.4 Å². The summed E-state index contributed by atoms with van der Waals surface area (Å²) in [6, 6.07) is 4.95. The van der Waals surface area contributed by atoms with Crippen LogP contribution in [0.25, 0.3) is 10.4 Å². The molecule has 0 unspecified atom stereocenters. The van der Waals surface area contributed by atoms with Crippen LogP contribution in [-0.4, -0.2) is 58.9 Å². The molecule has 0 aromatic heterocycles. The molecule has 1 aromatic rings. The summed E-state index contributed by atoms with van der Waals surface area (Å²) in [5.74, 6) is 0. The SMILES string of the molecule is CCO[C@H]1O[C@H](CP(=O)(OCC)OCC)[C@@H](N=[N+]=[N-])[C@@H]1OS(=O)(=O)c1ccc(C)cc1. The predicted molar refractivity (Wildman–Crippen MR) is 112 cm³/mol. The van der Waals surface area contributed by atoms with Crippen molar-refractivity contribution in [2.75, 3.05) is 26.0 Å². The van der Waals surface area contributed by atoms with Crippen molar-refractivity contribution in [3.63, 3.8) is 0 Å². The van der Waals surface area contributed by atoms with E-state index in [4.69, 9.17) is 28.2 Å². The highest BCUT2D eigenvalue weighted by Crippen LogP contribution is 2.51. The van der Waals surface area contributed by atoms with Gasteiger partial charge in [-0.05, 0) is 45.4 Å². The zero-order valence-electron chi connectivity index (χ0n) is 17.9. The highest BCUT2D eigenvalue weighted by atomic mass is 32.2. The number of ether oxygens (including phenoxy) is 2. The zero-order chi connectivity index (χ0) is 23.1. The molecule has 0 N–H and O–H groups in total. The molecule has 1 aliphatic rings. The molecule has 0 amide bonds. The number of azide groups is 1. The van der Waals surface area contributed by atoms with Crippen molar-refractivity contribution in [2.24, 2.45) is 5.11 Å². The minimum absolute atomic E-state index is 0.0641. The third-order valence-corrected chi connectivity index (χ3v) is 7.85. The highest BCUT2D eigenvalue weighted by molar-refractivity contribution is 7.86. The van der Waals surface area contributed by atoms with E-state index in [2.05, 4.69) is 10.0 Å². The van der Waals surface area contributed by atoms with Gasteiger partial charge in [0.2, 0.25) is 0 Å². The summed E-state index contributed by atoms with van der Waals surface area (Å²) in [6.07, 6.45) is -3.72. The molecule has 11 nitrogen and oxygen atoms in total. The Morgan fingerprint density at radius 1 is 1.13 bits per heavy atom. The van der Waals surface area contributed by atoms with Gasteiger partial charge in [-0.1, -0.05) is 22.8 Å². The van der Waals surface area contributed by atoms with Crippen LogP contribution in [0.1, 0.15) is 26.3 Å². The molecule has 1 saturated heterocycles. The fraction of sp³-hybridized carbons (Fsp3) is 0.667. The molecule has 1 aromatic carbocycles. The van der Waals surface area contributed by atoms with Crippen molar-refractivity contribution in [1.82, 2.24) is 0 Å². The molecule has 0 radical (unpaired) electrons. The van der Waals surface area contributed by atoms with Crippen molar-refractivity contribution < 1.29 is 35.7 Å². The first kappa shape index (κ1) is 25.8. The predicted octanol–water partition coefficient (Wildman–Crippen LogP) is 3.78. The fourth-order valence-corrected chi connectivity index (χ4v) is 6.01. The molecule has 0 bridgehead atoms. The normalized spacial score (nSPS) is 24.1. The van der Waals surface area contributed by atoms with E-state index in [9.17, 15) is 13.0 Å². The summed E-state index contributed by atoms with van der Waals surface area (Å²) < 4.78 is 65.9. The maximum absolute atomic E-state index is 13.0. The Labute approximate surface area is 182 Å². The summed E-state index contributed by atoms with van der Waals surface area (Å²) in [6.45, 7) is 7.28. The molecule has 0 spiro atoms. The lowest BCUT2D eigenvalue weighted by Crippen LogP contribution is -2.37. The number of rotatable bonds is 12. The topological polar surface area (TPSA) is 146 Å². The van der Waals surface area contributed by atoms with Crippen LogP contribution in [0.15, 0.2) is 34.3 Å². The standard InChI is InChI=1S/C18H28N3O8PS/c1-5-25-18-17(29-31(23,24)14-10-8-13(4)9-11-14)16(20-21-19)15(28-18)12-30(22,26-6-2)27-7-3/h8-11,15-18H,5-7,12H2,1-4H3/t15-,16-,17+,18+/m1/s1. The van der Waals surface area contributed by atoms with Crippen molar-refractivity contribution in [3.05, 3.63) is 40.3 Å². The van der Waals surface area contributed by atoms with Crippen LogP contribution in [0, 0.1) is 6.92 Å². The molecule has 0 aliphatic carbocycles. The van der Waals surface area contributed by atoms with Gasteiger partial charge in [-0.15, -0.1) is 0 Å². The lowest BCUT2D eigenvalue weighted by atomic mass is 10.1. The van der Waals surface area contributed by atoms with Gasteiger partial charge in [-0.2, -0.15) is 8.42 Å². The van der Waals surface area contributed by atoms with Crippen LogP contribution in [0.3, 0.4) is 0 Å². The van der Waals surface area contributed by atoms with E-state index < -0.39 is 42.3 Å². The molecule has 1 heterocycles. The summed E-state index contributed by atoms with van der Waals surface area (Å²) in [4.78, 5) is 2.73. The molecular weight excluding hydrogens is 449 g/mol. The lowest BCUT2D eigenvalue weighted by Gasteiger charge is -2.22. The summed E-state index contributed by atoms with van der Waals surface area (Å²) in [5.41, 5.74) is 9.93. The van der Waals surface area contributed by atoms with Crippen molar-refractivity contribution >= 4 is 17.7 Å². The largest absolute Gasteiger partial charge is 0.350 e. The second-order valence-corrected chi connectivity index (χ2v) is 10.3. The monoisotopic (exact) mass is 477 g/mol. The second-order valence-electron chi connectivity index (χ2n) is 6.65. The van der Waals surface area contributed by atoms with Crippen molar-refractivity contribution in [1.29, 1.82) is 0 Å². The van der Waals surface area contributed by atoms with Gasteiger partial charge in [-0.3, -0.25) is 8.75 Å². The van der Waals surface area contributed by atoms with E-state index in [1.807, 2.05) is 6.92 Å². The molecule has 1 fully saturated rings. The maximum atomic E-state index is 13.0. The number of benzene rings is 1. The third kappa shape index (κ3) is 6.74. The first-order chi connectivity index (χ1) is 14.7. The zero-order valence-corrected chi connectivity index (χ0v) is 19.6. The van der Waals surface area contributed by atoms with Crippen LogP contribution < -0.4 is 0 Å². The van der Waals surface area contributed by atoms with E-state index in [-0.39, 0.29) is 30.9 Å². The van der Waals surface area contributed by atoms with Gasteiger partial charge in [0.25, 0.3) is 10.1 Å². The molecule has 0 saturated carbocycles. The first-order valence-corrected chi connectivity index (χ1v) is 13.0. The number of hydrogen-bond acceptors (Lipinski definition) is 9. The van der Waals surface area contributed by atoms with Gasteiger partial charge >= 0.3 is 7.60 Å². The number of hydrogen-bond donors (Lipinski definition) is 0. The first-order valence-electron chi connectivity index (χ1n) is 9.89. The van der Waals surface area contributed by atoms with Crippen LogP contribution in [-0.2, 0) is 37.4 Å². The summed E-state index contributed by atoms with van der Waals surface area (Å²) >= 11 is 0. The Balaban J connectivity index is 2.35. The van der Waals surface area contributed by atoms with E-state index in [1.165, 1.54) is 12.1 Å². The van der Waals surface area contributed by atoms with Crippen molar-refractivity contribution in [2.45, 2.75) is 57.1 Å². The molecule has 2 rings (SSSR count).